The van der Waals surface area contributed by atoms with Crippen molar-refractivity contribution in [3.8, 4) is 0 Å². The summed E-state index contributed by atoms with van der Waals surface area (Å²) in [5.74, 6) is -0.100. The van der Waals surface area contributed by atoms with Crippen LogP contribution in [0.2, 0.25) is 0 Å². The van der Waals surface area contributed by atoms with E-state index in [0.29, 0.717) is 0 Å². The molecular formula is C15H21NO2. The van der Waals surface area contributed by atoms with Crippen LogP contribution in [-0.2, 0) is 4.79 Å². The molecule has 0 heterocycles. The zero-order chi connectivity index (χ0) is 13.7. The summed E-state index contributed by atoms with van der Waals surface area (Å²) in [6.07, 6.45) is 3.36. The number of rotatable bonds is 4. The van der Waals surface area contributed by atoms with Crippen molar-refractivity contribution in [3.05, 3.63) is 41.0 Å². The summed E-state index contributed by atoms with van der Waals surface area (Å²) in [4.78, 5) is 13.4. The molecule has 0 saturated carbocycles. The van der Waals surface area contributed by atoms with Crippen molar-refractivity contribution in [2.75, 3.05) is 13.7 Å². The number of aryl methyl sites for hydroxylation is 2. The average Bonchev–Trinajstić information content (AvgIpc) is 2.35. The van der Waals surface area contributed by atoms with E-state index in [-0.39, 0.29) is 18.6 Å². The maximum absolute atomic E-state index is 11.8. The van der Waals surface area contributed by atoms with Crippen molar-refractivity contribution in [1.82, 2.24) is 4.90 Å². The first-order valence-electron chi connectivity index (χ1n) is 6.08. The summed E-state index contributed by atoms with van der Waals surface area (Å²) in [6.45, 7) is 5.85. The van der Waals surface area contributed by atoms with Gasteiger partial charge in [0.05, 0.1) is 12.6 Å². The smallest absolute Gasteiger partial charge is 0.246 e. The van der Waals surface area contributed by atoms with Gasteiger partial charge in [0.25, 0.3) is 0 Å². The van der Waals surface area contributed by atoms with Crippen LogP contribution in [0.1, 0.15) is 23.6 Å². The number of carbonyl (C=O) groups excluding carboxylic acids is 1. The van der Waals surface area contributed by atoms with E-state index in [1.807, 2.05) is 39.0 Å². The van der Waals surface area contributed by atoms with E-state index in [4.69, 9.17) is 5.11 Å². The number of aliphatic hydroxyl groups excluding tert-OH is 1. The van der Waals surface area contributed by atoms with Gasteiger partial charge in [0.2, 0.25) is 5.91 Å². The first-order valence-corrected chi connectivity index (χ1v) is 6.08. The molecule has 0 spiro atoms. The highest BCUT2D eigenvalue weighted by atomic mass is 16.3. The van der Waals surface area contributed by atoms with E-state index < -0.39 is 0 Å². The van der Waals surface area contributed by atoms with Gasteiger partial charge in [-0.25, -0.2) is 0 Å². The third-order valence-corrected chi connectivity index (χ3v) is 3.10. The second-order valence-electron chi connectivity index (χ2n) is 4.67. The Labute approximate surface area is 109 Å². The molecule has 0 aliphatic carbocycles. The quantitative estimate of drug-likeness (QED) is 0.828. The molecule has 0 saturated heterocycles. The molecule has 0 aliphatic rings. The van der Waals surface area contributed by atoms with Gasteiger partial charge in [-0.1, -0.05) is 23.8 Å². The number of carbonyl (C=O) groups is 1. The van der Waals surface area contributed by atoms with E-state index >= 15 is 0 Å². The molecule has 0 aromatic heterocycles. The van der Waals surface area contributed by atoms with Gasteiger partial charge in [-0.3, -0.25) is 4.79 Å². The van der Waals surface area contributed by atoms with Crippen LogP contribution in [0.25, 0.3) is 6.08 Å². The minimum atomic E-state index is -0.165. The Morgan fingerprint density at radius 2 is 2.11 bits per heavy atom. The lowest BCUT2D eigenvalue weighted by molar-refractivity contribution is -0.127. The van der Waals surface area contributed by atoms with Gasteiger partial charge >= 0.3 is 0 Å². The van der Waals surface area contributed by atoms with Crippen LogP contribution in [0.5, 0.6) is 0 Å². The first-order chi connectivity index (χ1) is 8.45. The number of benzene rings is 1. The summed E-state index contributed by atoms with van der Waals surface area (Å²) in [7, 11) is 1.69. The average molecular weight is 247 g/mol. The SMILES string of the molecule is Cc1ccc(/C=C/C(=O)N(C)C(C)CO)c(C)c1. The van der Waals surface area contributed by atoms with Crippen molar-refractivity contribution in [1.29, 1.82) is 0 Å². The lowest BCUT2D eigenvalue weighted by Gasteiger charge is -2.21. The Hall–Kier alpha value is -1.61. The Balaban J connectivity index is 2.77. The maximum atomic E-state index is 11.8. The molecule has 3 nitrogen and oxygen atoms in total. The van der Waals surface area contributed by atoms with Gasteiger partial charge in [0.1, 0.15) is 0 Å². The molecule has 0 aliphatic heterocycles. The van der Waals surface area contributed by atoms with Gasteiger partial charge in [-0.05, 0) is 38.0 Å². The summed E-state index contributed by atoms with van der Waals surface area (Å²) < 4.78 is 0. The Morgan fingerprint density at radius 3 is 2.67 bits per heavy atom. The fourth-order valence-corrected chi connectivity index (χ4v) is 1.63. The monoisotopic (exact) mass is 247 g/mol. The highest BCUT2D eigenvalue weighted by Gasteiger charge is 2.11. The number of aliphatic hydroxyl groups is 1. The molecule has 3 heteroatoms. The molecule has 0 bridgehead atoms. The predicted molar refractivity (Wildman–Crippen MR) is 74.3 cm³/mol. The van der Waals surface area contributed by atoms with Crippen molar-refractivity contribution in [2.45, 2.75) is 26.8 Å². The van der Waals surface area contributed by atoms with Crippen LogP contribution in [0, 0.1) is 13.8 Å². The van der Waals surface area contributed by atoms with Gasteiger partial charge < -0.3 is 10.0 Å². The van der Waals surface area contributed by atoms with Gasteiger partial charge in [0, 0.05) is 13.1 Å². The Bertz CT molecular complexity index is 452. The number of amides is 1. The molecule has 1 aromatic rings. The molecule has 98 valence electrons. The fourth-order valence-electron chi connectivity index (χ4n) is 1.63. The van der Waals surface area contributed by atoms with Crippen LogP contribution < -0.4 is 0 Å². The lowest BCUT2D eigenvalue weighted by Crippen LogP contribution is -2.36. The number of hydrogen-bond acceptors (Lipinski definition) is 2. The van der Waals surface area contributed by atoms with Crippen molar-refractivity contribution in [2.24, 2.45) is 0 Å². The molecule has 0 fully saturated rings. The second kappa shape index (κ2) is 6.36. The van der Waals surface area contributed by atoms with E-state index in [1.165, 1.54) is 10.5 Å². The van der Waals surface area contributed by atoms with E-state index in [0.717, 1.165) is 11.1 Å². The van der Waals surface area contributed by atoms with E-state index in [9.17, 15) is 4.79 Å². The summed E-state index contributed by atoms with van der Waals surface area (Å²) >= 11 is 0. The molecule has 1 atom stereocenters. The van der Waals surface area contributed by atoms with Crippen molar-refractivity contribution < 1.29 is 9.90 Å². The summed E-state index contributed by atoms with van der Waals surface area (Å²) in [5, 5.41) is 9.00. The minimum absolute atomic E-state index is 0.0281. The van der Waals surface area contributed by atoms with Crippen LogP contribution in [0.15, 0.2) is 24.3 Å². The van der Waals surface area contributed by atoms with Crippen LogP contribution in [0.3, 0.4) is 0 Å². The third kappa shape index (κ3) is 3.70. The standard InChI is InChI=1S/C15H21NO2/c1-11-5-6-14(12(2)9-11)7-8-15(18)16(4)13(3)10-17/h5-9,13,17H,10H2,1-4H3/b8-7+. The normalized spacial score (nSPS) is 12.7. The summed E-state index contributed by atoms with van der Waals surface area (Å²) in [5.41, 5.74) is 3.40. The molecule has 1 rings (SSSR count). The van der Waals surface area contributed by atoms with Crippen molar-refractivity contribution in [3.63, 3.8) is 0 Å². The molecule has 1 unspecified atom stereocenters. The maximum Gasteiger partial charge on any atom is 0.246 e. The molecule has 0 radical (unpaired) electrons. The van der Waals surface area contributed by atoms with E-state index in [2.05, 4.69) is 6.07 Å². The zero-order valence-electron chi connectivity index (χ0n) is 11.5. The van der Waals surface area contributed by atoms with Gasteiger partial charge in [-0.15, -0.1) is 0 Å². The topological polar surface area (TPSA) is 40.5 Å². The highest BCUT2D eigenvalue weighted by Crippen LogP contribution is 2.12. The highest BCUT2D eigenvalue weighted by molar-refractivity contribution is 5.92. The predicted octanol–water partition coefficient (Wildman–Crippen LogP) is 2.16. The van der Waals surface area contributed by atoms with Crippen LogP contribution in [0.4, 0.5) is 0 Å². The number of nitrogens with zero attached hydrogens (tertiary/aromatic N) is 1. The lowest BCUT2D eigenvalue weighted by atomic mass is 10.1. The molecule has 1 aromatic carbocycles. The molecule has 18 heavy (non-hydrogen) atoms. The molecule has 1 amide bonds. The molecule has 1 N–H and O–H groups in total. The Kier molecular flexibility index (Phi) is 5.10. The van der Waals surface area contributed by atoms with Crippen LogP contribution >= 0.6 is 0 Å². The Morgan fingerprint density at radius 1 is 1.44 bits per heavy atom. The van der Waals surface area contributed by atoms with Gasteiger partial charge in [0.15, 0.2) is 0 Å². The zero-order valence-corrected chi connectivity index (χ0v) is 11.5. The largest absolute Gasteiger partial charge is 0.394 e. The summed E-state index contributed by atoms with van der Waals surface area (Å²) in [6, 6.07) is 5.95. The fraction of sp³-hybridized carbons (Fsp3) is 0.400. The van der Waals surface area contributed by atoms with Gasteiger partial charge in [-0.2, -0.15) is 0 Å². The first kappa shape index (κ1) is 14.5. The number of hydrogen-bond donors (Lipinski definition) is 1. The number of likely N-dealkylation sites (N-methyl/N-ethyl adjacent to an activating group) is 1. The molecular weight excluding hydrogens is 226 g/mol. The van der Waals surface area contributed by atoms with E-state index in [1.54, 1.807) is 13.1 Å². The second-order valence-corrected chi connectivity index (χ2v) is 4.67. The minimum Gasteiger partial charge on any atom is -0.394 e. The van der Waals surface area contributed by atoms with Crippen molar-refractivity contribution >= 4 is 12.0 Å². The van der Waals surface area contributed by atoms with Crippen LogP contribution in [-0.4, -0.2) is 35.6 Å². The third-order valence-electron chi connectivity index (χ3n) is 3.10.